The van der Waals surface area contributed by atoms with Crippen molar-refractivity contribution in [2.24, 2.45) is 0 Å². The fourth-order valence-corrected chi connectivity index (χ4v) is 4.66. The molecule has 2 aliphatic heterocycles. The van der Waals surface area contributed by atoms with Crippen LogP contribution in [0.2, 0.25) is 5.02 Å². The fourth-order valence-electron chi connectivity index (χ4n) is 4.54. The normalized spacial score (nSPS) is 24.2. The zero-order valence-electron chi connectivity index (χ0n) is 15.2. The number of piperazine rings is 1. The SMILES string of the molecule is Cc1cccc(C2CCCC3CN(c4ccc(Cl)c(C)c4)CCN32)c1. The lowest BCUT2D eigenvalue weighted by Gasteiger charge is -2.49. The number of rotatable bonds is 2. The third-order valence-electron chi connectivity index (χ3n) is 5.88. The monoisotopic (exact) mass is 354 g/mol. The van der Waals surface area contributed by atoms with Crippen LogP contribution in [0.1, 0.15) is 42.0 Å². The van der Waals surface area contributed by atoms with Gasteiger partial charge in [0.15, 0.2) is 0 Å². The van der Waals surface area contributed by atoms with Crippen molar-refractivity contribution in [3.05, 3.63) is 64.2 Å². The number of benzene rings is 2. The Morgan fingerprint density at radius 2 is 1.88 bits per heavy atom. The van der Waals surface area contributed by atoms with Crippen LogP contribution in [0.5, 0.6) is 0 Å². The van der Waals surface area contributed by atoms with Crippen LogP contribution in [-0.2, 0) is 0 Å². The van der Waals surface area contributed by atoms with Gasteiger partial charge in [-0.2, -0.15) is 0 Å². The number of piperidine rings is 1. The molecule has 2 aliphatic rings. The van der Waals surface area contributed by atoms with E-state index in [1.165, 1.54) is 41.6 Å². The molecule has 2 heterocycles. The molecule has 25 heavy (non-hydrogen) atoms. The third-order valence-corrected chi connectivity index (χ3v) is 6.30. The summed E-state index contributed by atoms with van der Waals surface area (Å²) in [6.45, 7) is 7.66. The predicted molar refractivity (Wildman–Crippen MR) is 107 cm³/mol. The van der Waals surface area contributed by atoms with E-state index in [0.717, 1.165) is 24.7 Å². The minimum absolute atomic E-state index is 0.591. The molecule has 2 atom stereocenters. The van der Waals surface area contributed by atoms with Gasteiger partial charge in [0.05, 0.1) is 0 Å². The second-order valence-corrected chi connectivity index (χ2v) is 8.04. The van der Waals surface area contributed by atoms with Gasteiger partial charge in [-0.15, -0.1) is 0 Å². The summed E-state index contributed by atoms with van der Waals surface area (Å²) in [5, 5.41) is 0.861. The molecule has 0 aromatic heterocycles. The van der Waals surface area contributed by atoms with Crippen LogP contribution in [0, 0.1) is 13.8 Å². The van der Waals surface area contributed by atoms with Crippen molar-refractivity contribution in [1.29, 1.82) is 0 Å². The van der Waals surface area contributed by atoms with Gasteiger partial charge in [0, 0.05) is 42.4 Å². The number of anilines is 1. The van der Waals surface area contributed by atoms with Gasteiger partial charge in [-0.1, -0.05) is 41.4 Å². The quantitative estimate of drug-likeness (QED) is 0.715. The van der Waals surface area contributed by atoms with Gasteiger partial charge in [-0.25, -0.2) is 0 Å². The molecule has 2 aromatic carbocycles. The molecule has 2 nitrogen and oxygen atoms in total. The molecule has 0 bridgehead atoms. The zero-order chi connectivity index (χ0) is 17.4. The third kappa shape index (κ3) is 3.43. The Bertz CT molecular complexity index is 757. The molecule has 4 rings (SSSR count). The molecule has 0 spiro atoms. The van der Waals surface area contributed by atoms with E-state index in [2.05, 4.69) is 60.0 Å². The van der Waals surface area contributed by atoms with Gasteiger partial charge in [0.2, 0.25) is 0 Å². The van der Waals surface area contributed by atoms with Crippen molar-refractivity contribution in [2.45, 2.75) is 45.2 Å². The summed E-state index contributed by atoms with van der Waals surface area (Å²) in [4.78, 5) is 5.31. The molecule has 0 saturated carbocycles. The van der Waals surface area contributed by atoms with E-state index < -0.39 is 0 Å². The Balaban J connectivity index is 1.53. The van der Waals surface area contributed by atoms with Crippen molar-refractivity contribution in [3.63, 3.8) is 0 Å². The Hall–Kier alpha value is -1.51. The maximum absolute atomic E-state index is 6.20. The maximum Gasteiger partial charge on any atom is 0.0436 e. The van der Waals surface area contributed by atoms with E-state index in [1.807, 2.05) is 6.07 Å². The van der Waals surface area contributed by atoms with Crippen molar-refractivity contribution < 1.29 is 0 Å². The van der Waals surface area contributed by atoms with E-state index in [-0.39, 0.29) is 0 Å². The first-order chi connectivity index (χ1) is 12.1. The Labute approximate surface area is 156 Å². The van der Waals surface area contributed by atoms with Gasteiger partial charge >= 0.3 is 0 Å². The fraction of sp³-hybridized carbons (Fsp3) is 0.455. The number of hydrogen-bond donors (Lipinski definition) is 0. The minimum atomic E-state index is 0.591. The number of nitrogens with zero attached hydrogens (tertiary/aromatic N) is 2. The molecule has 2 unspecified atom stereocenters. The topological polar surface area (TPSA) is 6.48 Å². The second kappa shape index (κ2) is 7.01. The number of halogens is 1. The molecule has 0 amide bonds. The average molecular weight is 355 g/mol. The van der Waals surface area contributed by atoms with Crippen LogP contribution in [-0.4, -0.2) is 30.6 Å². The van der Waals surface area contributed by atoms with Crippen molar-refractivity contribution in [1.82, 2.24) is 4.90 Å². The zero-order valence-corrected chi connectivity index (χ0v) is 16.0. The number of aryl methyl sites for hydroxylation is 2. The average Bonchev–Trinajstić information content (AvgIpc) is 2.63. The molecular weight excluding hydrogens is 328 g/mol. The van der Waals surface area contributed by atoms with Crippen LogP contribution in [0.25, 0.3) is 0 Å². The smallest absolute Gasteiger partial charge is 0.0436 e. The Morgan fingerprint density at radius 1 is 1.00 bits per heavy atom. The van der Waals surface area contributed by atoms with Crippen molar-refractivity contribution in [2.75, 3.05) is 24.5 Å². The van der Waals surface area contributed by atoms with Crippen LogP contribution in [0.3, 0.4) is 0 Å². The molecule has 0 aliphatic carbocycles. The number of fused-ring (bicyclic) bond motifs is 1. The highest BCUT2D eigenvalue weighted by Crippen LogP contribution is 2.37. The molecule has 2 aromatic rings. The molecular formula is C22H27ClN2. The van der Waals surface area contributed by atoms with E-state index in [1.54, 1.807) is 0 Å². The van der Waals surface area contributed by atoms with Gasteiger partial charge in [0.1, 0.15) is 0 Å². The summed E-state index contributed by atoms with van der Waals surface area (Å²) in [5.41, 5.74) is 5.36. The lowest BCUT2D eigenvalue weighted by Crippen LogP contribution is -2.55. The summed E-state index contributed by atoms with van der Waals surface area (Å²) in [6.07, 6.45) is 3.93. The highest BCUT2D eigenvalue weighted by atomic mass is 35.5. The maximum atomic E-state index is 6.20. The second-order valence-electron chi connectivity index (χ2n) is 7.63. The van der Waals surface area contributed by atoms with Gasteiger partial charge in [-0.3, -0.25) is 4.90 Å². The van der Waals surface area contributed by atoms with Crippen LogP contribution in [0.15, 0.2) is 42.5 Å². The predicted octanol–water partition coefficient (Wildman–Crippen LogP) is 5.37. The Morgan fingerprint density at radius 3 is 2.68 bits per heavy atom. The molecule has 132 valence electrons. The first-order valence-electron chi connectivity index (χ1n) is 9.45. The minimum Gasteiger partial charge on any atom is -0.369 e. The van der Waals surface area contributed by atoms with E-state index in [4.69, 9.17) is 11.6 Å². The molecule has 2 saturated heterocycles. The van der Waals surface area contributed by atoms with Crippen molar-refractivity contribution >= 4 is 17.3 Å². The summed E-state index contributed by atoms with van der Waals surface area (Å²) in [6, 6.07) is 16.8. The van der Waals surface area contributed by atoms with Crippen LogP contribution >= 0.6 is 11.6 Å². The summed E-state index contributed by atoms with van der Waals surface area (Å²) >= 11 is 6.20. The summed E-state index contributed by atoms with van der Waals surface area (Å²) in [5.74, 6) is 0. The lowest BCUT2D eigenvalue weighted by atomic mass is 9.88. The van der Waals surface area contributed by atoms with E-state index in [9.17, 15) is 0 Å². The first kappa shape index (κ1) is 16.9. The van der Waals surface area contributed by atoms with Crippen LogP contribution in [0.4, 0.5) is 5.69 Å². The molecule has 2 fully saturated rings. The summed E-state index contributed by atoms with van der Waals surface area (Å²) in [7, 11) is 0. The molecule has 0 radical (unpaired) electrons. The van der Waals surface area contributed by atoms with Crippen molar-refractivity contribution in [3.8, 4) is 0 Å². The van der Waals surface area contributed by atoms with Gasteiger partial charge in [0.25, 0.3) is 0 Å². The van der Waals surface area contributed by atoms with E-state index >= 15 is 0 Å². The summed E-state index contributed by atoms with van der Waals surface area (Å²) < 4.78 is 0. The highest BCUT2D eigenvalue weighted by Gasteiger charge is 2.35. The lowest BCUT2D eigenvalue weighted by molar-refractivity contribution is 0.0716. The molecule has 0 N–H and O–H groups in total. The number of hydrogen-bond acceptors (Lipinski definition) is 2. The largest absolute Gasteiger partial charge is 0.369 e. The standard InChI is InChI=1S/C22H27ClN2/c1-16-5-3-6-18(13-16)22-8-4-7-20-15-24(11-12-25(20)22)19-9-10-21(23)17(2)14-19/h3,5-6,9-10,13-14,20,22H,4,7-8,11-12,15H2,1-2H3. The first-order valence-corrected chi connectivity index (χ1v) is 9.83. The Kier molecular flexibility index (Phi) is 4.75. The van der Waals surface area contributed by atoms with Gasteiger partial charge < -0.3 is 4.90 Å². The molecule has 3 heteroatoms. The highest BCUT2D eigenvalue weighted by molar-refractivity contribution is 6.31. The van der Waals surface area contributed by atoms with Crippen LogP contribution < -0.4 is 4.90 Å². The van der Waals surface area contributed by atoms with E-state index in [0.29, 0.717) is 12.1 Å². The van der Waals surface area contributed by atoms with Gasteiger partial charge in [-0.05, 0) is 62.4 Å².